The molecule has 0 spiro atoms. The second kappa shape index (κ2) is 7.65. The summed E-state index contributed by atoms with van der Waals surface area (Å²) >= 11 is 1.09. The Morgan fingerprint density at radius 1 is 1.22 bits per heavy atom. The molecule has 0 saturated heterocycles. The Morgan fingerprint density at radius 2 is 1.96 bits per heavy atom. The number of benzene rings is 2. The van der Waals surface area contributed by atoms with Gasteiger partial charge in [-0.1, -0.05) is 12.1 Å². The summed E-state index contributed by atoms with van der Waals surface area (Å²) in [5.74, 6) is -1.80. The summed E-state index contributed by atoms with van der Waals surface area (Å²) in [7, 11) is 0. The lowest BCUT2D eigenvalue weighted by Crippen LogP contribution is -2.23. The molecule has 27 heavy (non-hydrogen) atoms. The monoisotopic (exact) mass is 378 g/mol. The maximum Gasteiger partial charge on any atom is 0.254 e. The molecule has 1 aromatic heterocycles. The number of amides is 1. The lowest BCUT2D eigenvalue weighted by atomic mass is 10.1. The summed E-state index contributed by atoms with van der Waals surface area (Å²) in [6.45, 7) is 0.143. The summed E-state index contributed by atoms with van der Waals surface area (Å²) < 4.78 is 14.4. The van der Waals surface area contributed by atoms with Crippen LogP contribution in [-0.2, 0) is 6.54 Å². The maximum atomic E-state index is 14.4. The van der Waals surface area contributed by atoms with Crippen molar-refractivity contribution < 1.29 is 14.3 Å². The predicted molar refractivity (Wildman–Crippen MR) is 96.2 cm³/mol. The summed E-state index contributed by atoms with van der Waals surface area (Å²) in [6, 6.07) is 12.5. The van der Waals surface area contributed by atoms with Gasteiger partial charge in [0.15, 0.2) is 5.69 Å². The molecule has 3 aromatic rings. The number of aromatic hydroxyl groups is 1. The Hall–Kier alpha value is -3.75. The number of hydrogen-bond donors (Lipinski definition) is 2. The Labute approximate surface area is 157 Å². The van der Waals surface area contributed by atoms with Crippen LogP contribution in [0, 0.1) is 28.5 Å². The van der Waals surface area contributed by atoms with Crippen molar-refractivity contribution in [2.24, 2.45) is 0 Å². The van der Waals surface area contributed by atoms with Crippen molar-refractivity contribution in [2.75, 3.05) is 0 Å². The van der Waals surface area contributed by atoms with Crippen molar-refractivity contribution in [1.29, 1.82) is 10.5 Å². The molecule has 0 atom stereocenters. The molecule has 6 nitrogen and oxygen atoms in total. The standard InChI is InChI=1S/C19H11FN4O2S/c20-16-5-15(19-24-13(8-22)10-27-19)17(25)6-14(16)18(26)23-9-12-3-1-11(7-21)2-4-12/h1-6,10,25H,9H2,(H,23,26). The van der Waals surface area contributed by atoms with Crippen LogP contribution in [0.4, 0.5) is 4.39 Å². The minimum absolute atomic E-state index is 0.114. The molecule has 8 heteroatoms. The summed E-state index contributed by atoms with van der Waals surface area (Å²) in [5, 5.41) is 32.1. The predicted octanol–water partition coefficient (Wildman–Crippen LogP) is 3.33. The molecule has 132 valence electrons. The molecule has 0 aliphatic heterocycles. The third-order valence-corrected chi connectivity index (χ3v) is 4.59. The Balaban J connectivity index is 1.77. The van der Waals surface area contributed by atoms with Crippen LogP contribution in [0.5, 0.6) is 5.75 Å². The van der Waals surface area contributed by atoms with E-state index < -0.39 is 11.7 Å². The second-order valence-corrected chi connectivity index (χ2v) is 6.35. The van der Waals surface area contributed by atoms with E-state index in [0.717, 1.165) is 29.0 Å². The van der Waals surface area contributed by atoms with Crippen molar-refractivity contribution in [3.8, 4) is 28.5 Å². The number of halogens is 1. The summed E-state index contributed by atoms with van der Waals surface area (Å²) in [4.78, 5) is 16.2. The van der Waals surface area contributed by atoms with Gasteiger partial charge in [-0.25, -0.2) is 9.37 Å². The number of nitriles is 2. The molecule has 0 radical (unpaired) electrons. The number of phenols is 1. The number of nitrogens with one attached hydrogen (secondary N) is 1. The third kappa shape index (κ3) is 3.92. The summed E-state index contributed by atoms with van der Waals surface area (Å²) in [6.07, 6.45) is 0. The van der Waals surface area contributed by atoms with E-state index in [-0.39, 0.29) is 34.1 Å². The first-order chi connectivity index (χ1) is 13.0. The molecule has 3 rings (SSSR count). The number of phenolic OH excluding ortho intramolecular Hbond substituents is 1. The van der Waals surface area contributed by atoms with Crippen molar-refractivity contribution >= 4 is 17.2 Å². The lowest BCUT2D eigenvalue weighted by Gasteiger charge is -2.09. The molecule has 0 aliphatic carbocycles. The van der Waals surface area contributed by atoms with Gasteiger partial charge in [-0.3, -0.25) is 4.79 Å². The molecule has 0 unspecified atom stereocenters. The molecule has 2 N–H and O–H groups in total. The SMILES string of the molecule is N#Cc1ccc(CNC(=O)c2cc(O)c(-c3nc(C#N)cs3)cc2F)cc1. The minimum atomic E-state index is -0.811. The van der Waals surface area contributed by atoms with E-state index in [1.54, 1.807) is 24.3 Å². The first-order valence-corrected chi connectivity index (χ1v) is 8.55. The van der Waals surface area contributed by atoms with Crippen LogP contribution in [0.3, 0.4) is 0 Å². The Morgan fingerprint density at radius 3 is 2.59 bits per heavy atom. The van der Waals surface area contributed by atoms with E-state index in [9.17, 15) is 14.3 Å². The Kier molecular flexibility index (Phi) is 5.11. The van der Waals surface area contributed by atoms with Gasteiger partial charge in [0.25, 0.3) is 5.91 Å². The van der Waals surface area contributed by atoms with Gasteiger partial charge >= 0.3 is 0 Å². The molecule has 0 bridgehead atoms. The number of hydrogen-bond acceptors (Lipinski definition) is 6. The van der Waals surface area contributed by atoms with Crippen molar-refractivity contribution in [2.45, 2.75) is 6.54 Å². The topological polar surface area (TPSA) is 110 Å². The largest absolute Gasteiger partial charge is 0.507 e. The fraction of sp³-hybridized carbons (Fsp3) is 0.0526. The van der Waals surface area contributed by atoms with Crippen molar-refractivity contribution in [3.63, 3.8) is 0 Å². The molecule has 1 amide bonds. The normalized spacial score (nSPS) is 10.0. The number of carbonyl (C=O) groups is 1. The van der Waals surface area contributed by atoms with E-state index in [2.05, 4.69) is 10.3 Å². The average molecular weight is 378 g/mol. The van der Waals surface area contributed by atoms with Crippen LogP contribution in [-0.4, -0.2) is 16.0 Å². The van der Waals surface area contributed by atoms with Crippen molar-refractivity contribution in [3.05, 3.63) is 70.0 Å². The number of rotatable bonds is 4. The van der Waals surface area contributed by atoms with Gasteiger partial charge in [-0.2, -0.15) is 10.5 Å². The molecule has 0 aliphatic rings. The number of thiazole rings is 1. The summed E-state index contributed by atoms with van der Waals surface area (Å²) in [5.41, 5.74) is 1.22. The highest BCUT2D eigenvalue weighted by Crippen LogP contribution is 2.33. The highest BCUT2D eigenvalue weighted by Gasteiger charge is 2.18. The van der Waals surface area contributed by atoms with Gasteiger partial charge in [-0.05, 0) is 29.8 Å². The van der Waals surface area contributed by atoms with E-state index in [1.165, 1.54) is 5.38 Å². The zero-order valence-corrected chi connectivity index (χ0v) is 14.5. The average Bonchev–Trinajstić information content (AvgIpc) is 3.17. The van der Waals surface area contributed by atoms with Crippen LogP contribution in [0.1, 0.15) is 27.2 Å². The van der Waals surface area contributed by atoms with Crippen LogP contribution >= 0.6 is 11.3 Å². The molecular formula is C19H11FN4O2S. The lowest BCUT2D eigenvalue weighted by molar-refractivity contribution is 0.0946. The minimum Gasteiger partial charge on any atom is -0.507 e. The zero-order chi connectivity index (χ0) is 19.4. The smallest absolute Gasteiger partial charge is 0.254 e. The molecule has 0 saturated carbocycles. The second-order valence-electron chi connectivity index (χ2n) is 5.49. The van der Waals surface area contributed by atoms with Crippen LogP contribution in [0.15, 0.2) is 41.8 Å². The highest BCUT2D eigenvalue weighted by molar-refractivity contribution is 7.13. The zero-order valence-electron chi connectivity index (χ0n) is 13.7. The molecular weight excluding hydrogens is 367 g/mol. The molecule has 1 heterocycles. The van der Waals surface area contributed by atoms with E-state index >= 15 is 0 Å². The van der Waals surface area contributed by atoms with E-state index in [4.69, 9.17) is 10.5 Å². The molecule has 2 aromatic carbocycles. The van der Waals surface area contributed by atoms with Gasteiger partial charge in [0.1, 0.15) is 22.6 Å². The number of aromatic nitrogens is 1. The van der Waals surface area contributed by atoms with Crippen LogP contribution in [0.2, 0.25) is 0 Å². The van der Waals surface area contributed by atoms with Gasteiger partial charge in [-0.15, -0.1) is 11.3 Å². The van der Waals surface area contributed by atoms with E-state index in [0.29, 0.717) is 5.56 Å². The van der Waals surface area contributed by atoms with Crippen LogP contribution < -0.4 is 5.32 Å². The highest BCUT2D eigenvalue weighted by atomic mass is 32.1. The number of carbonyl (C=O) groups excluding carboxylic acids is 1. The molecule has 0 fully saturated rings. The van der Waals surface area contributed by atoms with E-state index in [1.807, 2.05) is 12.1 Å². The number of nitrogens with zero attached hydrogens (tertiary/aromatic N) is 3. The van der Waals surface area contributed by atoms with Crippen molar-refractivity contribution in [1.82, 2.24) is 10.3 Å². The van der Waals surface area contributed by atoms with Crippen LogP contribution in [0.25, 0.3) is 10.6 Å². The van der Waals surface area contributed by atoms with Gasteiger partial charge in [0.05, 0.1) is 22.8 Å². The first-order valence-electron chi connectivity index (χ1n) is 7.67. The third-order valence-electron chi connectivity index (χ3n) is 3.72. The maximum absolute atomic E-state index is 14.4. The fourth-order valence-electron chi connectivity index (χ4n) is 2.33. The quantitative estimate of drug-likeness (QED) is 0.724. The fourth-order valence-corrected chi connectivity index (χ4v) is 3.10. The Bertz CT molecular complexity index is 1090. The van der Waals surface area contributed by atoms with Gasteiger partial charge in [0.2, 0.25) is 0 Å². The van der Waals surface area contributed by atoms with Gasteiger partial charge < -0.3 is 10.4 Å². The van der Waals surface area contributed by atoms with Gasteiger partial charge in [0, 0.05) is 11.9 Å². The first kappa shape index (κ1) is 18.1.